The Labute approximate surface area is 158 Å². The molecule has 3 heterocycles. The number of anilines is 1. The van der Waals surface area contributed by atoms with E-state index in [2.05, 4.69) is 25.7 Å². The van der Waals surface area contributed by atoms with Gasteiger partial charge >= 0.3 is 0 Å². The summed E-state index contributed by atoms with van der Waals surface area (Å²) in [6.45, 7) is 1.90. The summed E-state index contributed by atoms with van der Waals surface area (Å²) in [6, 6.07) is 3.98. The third-order valence-electron chi connectivity index (χ3n) is 4.82. The van der Waals surface area contributed by atoms with Gasteiger partial charge in [-0.1, -0.05) is 0 Å². The van der Waals surface area contributed by atoms with Gasteiger partial charge in [-0.2, -0.15) is 13.7 Å². The van der Waals surface area contributed by atoms with Crippen molar-refractivity contribution in [3.8, 4) is 11.9 Å². The van der Waals surface area contributed by atoms with Gasteiger partial charge in [0.05, 0.1) is 23.9 Å². The van der Waals surface area contributed by atoms with E-state index in [1.54, 1.807) is 25.6 Å². The number of pyridine rings is 2. The third-order valence-corrected chi connectivity index (χ3v) is 5.42. The number of hydrogen-bond acceptors (Lipinski definition) is 7. The van der Waals surface area contributed by atoms with E-state index in [9.17, 15) is 13.7 Å². The summed E-state index contributed by atoms with van der Waals surface area (Å²) < 4.78 is 29.4. The maximum atomic E-state index is 11.0. The smallest absolute Gasteiger partial charge is 0.274 e. The molecule has 1 fully saturated rings. The third kappa shape index (κ3) is 4.63. The van der Waals surface area contributed by atoms with Gasteiger partial charge in [0.25, 0.3) is 10.2 Å². The van der Waals surface area contributed by atoms with Crippen LogP contribution in [0.2, 0.25) is 0 Å². The molecule has 0 radical (unpaired) electrons. The van der Waals surface area contributed by atoms with E-state index in [1.807, 2.05) is 0 Å². The number of nitriles is 1. The van der Waals surface area contributed by atoms with E-state index in [1.165, 1.54) is 0 Å². The Morgan fingerprint density at radius 1 is 1.37 bits per heavy atom. The molecule has 0 aliphatic carbocycles. The average molecular weight is 390 g/mol. The second-order valence-corrected chi connectivity index (χ2v) is 7.91. The van der Waals surface area contributed by atoms with Gasteiger partial charge in [-0.25, -0.2) is 14.8 Å². The molecule has 2 aromatic rings. The van der Waals surface area contributed by atoms with Crippen LogP contribution < -0.4 is 19.5 Å². The van der Waals surface area contributed by atoms with Crippen LogP contribution in [0.15, 0.2) is 18.5 Å². The summed E-state index contributed by atoms with van der Waals surface area (Å²) >= 11 is 0. The molecule has 2 aromatic heterocycles. The largest absolute Gasteiger partial charge is 0.481 e. The zero-order chi connectivity index (χ0) is 19.4. The van der Waals surface area contributed by atoms with E-state index in [0.29, 0.717) is 23.9 Å². The summed E-state index contributed by atoms with van der Waals surface area (Å²) in [4.78, 5) is 10.8. The van der Waals surface area contributed by atoms with Crippen molar-refractivity contribution in [2.24, 2.45) is 11.1 Å². The molecule has 3 rings (SSSR count). The monoisotopic (exact) mass is 390 g/mol. The molecular weight excluding hydrogens is 368 g/mol. The lowest BCUT2D eigenvalue weighted by Gasteiger charge is -2.34. The quantitative estimate of drug-likeness (QED) is 0.748. The molecule has 1 aliphatic rings. The number of hydrogen-bond donors (Lipinski definition) is 2. The normalized spacial score (nSPS) is 15.7. The fourth-order valence-electron chi connectivity index (χ4n) is 3.44. The van der Waals surface area contributed by atoms with Gasteiger partial charge in [-0.05, 0) is 25.2 Å². The second-order valence-electron chi connectivity index (χ2n) is 6.53. The molecule has 1 aliphatic heterocycles. The highest BCUT2D eigenvalue weighted by Gasteiger charge is 2.23. The number of nitrogens with one attached hydrogen (secondary N) is 1. The molecule has 0 aromatic carbocycles. The zero-order valence-corrected chi connectivity index (χ0v) is 15.9. The molecule has 0 spiro atoms. The van der Waals surface area contributed by atoms with Crippen molar-refractivity contribution in [2.75, 3.05) is 31.6 Å². The molecule has 0 atom stereocenters. The number of aromatic nitrogens is 2. The molecule has 0 amide bonds. The summed E-state index contributed by atoms with van der Waals surface area (Å²) in [7, 11) is -2.09. The highest BCUT2D eigenvalue weighted by Crippen LogP contribution is 2.33. The topological polar surface area (TPSA) is 134 Å². The Hall–Kier alpha value is -2.48. The molecule has 144 valence electrons. The first-order valence-corrected chi connectivity index (χ1v) is 10.2. The van der Waals surface area contributed by atoms with Gasteiger partial charge in [-0.15, -0.1) is 0 Å². The number of fused-ring (bicyclic) bond motifs is 1. The van der Waals surface area contributed by atoms with Crippen LogP contribution in [0.5, 0.6) is 5.88 Å². The highest BCUT2D eigenvalue weighted by molar-refractivity contribution is 7.87. The van der Waals surface area contributed by atoms with Crippen LogP contribution in [0.3, 0.4) is 0 Å². The Balaban J connectivity index is 1.75. The van der Waals surface area contributed by atoms with Crippen LogP contribution in [0.25, 0.3) is 10.9 Å². The van der Waals surface area contributed by atoms with Crippen molar-refractivity contribution in [3.63, 3.8) is 0 Å². The first-order valence-electron chi connectivity index (χ1n) is 8.66. The second kappa shape index (κ2) is 8.04. The zero-order valence-electron chi connectivity index (χ0n) is 15.1. The van der Waals surface area contributed by atoms with Crippen molar-refractivity contribution >= 4 is 26.8 Å². The number of nitrogens with two attached hydrogens (primary N) is 1. The molecular formula is C17H22N6O3S. The Morgan fingerprint density at radius 2 is 2.11 bits per heavy atom. The fourth-order valence-corrected chi connectivity index (χ4v) is 3.84. The van der Waals surface area contributed by atoms with Crippen molar-refractivity contribution in [1.29, 1.82) is 5.26 Å². The first-order chi connectivity index (χ1) is 12.9. The predicted octanol–water partition coefficient (Wildman–Crippen LogP) is 0.910. The maximum Gasteiger partial charge on any atom is 0.274 e. The standard InChI is InChI=1S/C17H22N6O3S/c1-26-16-8-15-14(11-21-16)17(13(9-18)10-20-15)23-6-3-12(4-7-23)2-5-22-27(19,24)25/h8,10-12,22H,2-7H2,1H3,(H2,19,24,25). The Kier molecular flexibility index (Phi) is 5.74. The van der Waals surface area contributed by atoms with E-state index in [4.69, 9.17) is 9.88 Å². The Bertz CT molecular complexity index is 965. The SMILES string of the molecule is COc1cc2ncc(C#N)c(N3CCC(CCNS(N)(=O)=O)CC3)c2cn1. The highest BCUT2D eigenvalue weighted by atomic mass is 32.2. The van der Waals surface area contributed by atoms with Gasteiger partial charge in [0, 0.05) is 43.5 Å². The molecule has 1 saturated heterocycles. The molecule has 0 unspecified atom stereocenters. The minimum absolute atomic E-state index is 0.342. The Morgan fingerprint density at radius 3 is 2.74 bits per heavy atom. The van der Waals surface area contributed by atoms with Crippen molar-refractivity contribution in [3.05, 3.63) is 24.0 Å². The average Bonchev–Trinajstić information content (AvgIpc) is 2.66. The first kappa shape index (κ1) is 19.3. The predicted molar refractivity (Wildman–Crippen MR) is 101 cm³/mol. The molecule has 0 bridgehead atoms. The lowest BCUT2D eigenvalue weighted by atomic mass is 9.93. The molecule has 10 heteroatoms. The number of rotatable bonds is 6. The molecule has 9 nitrogen and oxygen atoms in total. The molecule has 27 heavy (non-hydrogen) atoms. The van der Waals surface area contributed by atoms with Crippen LogP contribution in [-0.4, -0.2) is 45.1 Å². The van der Waals surface area contributed by atoms with Gasteiger partial charge in [0.1, 0.15) is 6.07 Å². The summed E-state index contributed by atoms with van der Waals surface area (Å²) in [5, 5.41) is 15.3. The number of methoxy groups -OCH3 is 1. The van der Waals surface area contributed by atoms with Crippen LogP contribution in [0.1, 0.15) is 24.8 Å². The number of piperidine rings is 1. The van der Waals surface area contributed by atoms with Crippen molar-refractivity contribution in [2.45, 2.75) is 19.3 Å². The lowest BCUT2D eigenvalue weighted by molar-refractivity contribution is 0.382. The van der Waals surface area contributed by atoms with Gasteiger partial charge in [-0.3, -0.25) is 4.98 Å². The number of nitrogens with zero attached hydrogens (tertiary/aromatic N) is 4. The van der Waals surface area contributed by atoms with Crippen LogP contribution >= 0.6 is 0 Å². The van der Waals surface area contributed by atoms with Gasteiger partial charge in [0.15, 0.2) is 0 Å². The molecule has 0 saturated carbocycles. The fraction of sp³-hybridized carbons (Fsp3) is 0.471. The minimum Gasteiger partial charge on any atom is -0.481 e. The van der Waals surface area contributed by atoms with Crippen molar-refractivity contribution in [1.82, 2.24) is 14.7 Å². The van der Waals surface area contributed by atoms with E-state index in [0.717, 1.165) is 48.9 Å². The number of ether oxygens (including phenoxy) is 1. The van der Waals surface area contributed by atoms with Crippen LogP contribution in [0, 0.1) is 17.2 Å². The van der Waals surface area contributed by atoms with E-state index >= 15 is 0 Å². The van der Waals surface area contributed by atoms with Crippen LogP contribution in [-0.2, 0) is 10.2 Å². The van der Waals surface area contributed by atoms with Crippen LogP contribution in [0.4, 0.5) is 5.69 Å². The van der Waals surface area contributed by atoms with E-state index < -0.39 is 10.2 Å². The van der Waals surface area contributed by atoms with Gasteiger partial charge < -0.3 is 9.64 Å². The summed E-state index contributed by atoms with van der Waals surface area (Å²) in [5.74, 6) is 0.888. The molecule has 3 N–H and O–H groups in total. The summed E-state index contributed by atoms with van der Waals surface area (Å²) in [5.41, 5.74) is 2.10. The van der Waals surface area contributed by atoms with Gasteiger partial charge in [0.2, 0.25) is 5.88 Å². The van der Waals surface area contributed by atoms with E-state index in [-0.39, 0.29) is 0 Å². The summed E-state index contributed by atoms with van der Waals surface area (Å²) in [6.07, 6.45) is 5.83. The lowest BCUT2D eigenvalue weighted by Crippen LogP contribution is -2.37. The maximum absolute atomic E-state index is 11.0. The minimum atomic E-state index is -3.64. The van der Waals surface area contributed by atoms with Crippen molar-refractivity contribution < 1.29 is 13.2 Å².